The summed E-state index contributed by atoms with van der Waals surface area (Å²) < 4.78 is 7.40. The zero-order chi connectivity index (χ0) is 28.2. The van der Waals surface area contributed by atoms with Gasteiger partial charge in [-0.15, -0.1) is 5.10 Å². The standard InChI is InChI=1S/C33H36N6O2/c1-23-13-18-30-26(19-23)20-29(33(40)34-30)31(32-35-36-37-39(32)27-11-7-4-8-12-27)38(21-24-9-5-3-6-10-24)22-25-14-16-28(41-2)17-15-25/h3,5-6,9-10,13-20,27,31H,4,7-8,11-12,21-22H2,1-2H3,(H,34,40)/t31-/m1/s1. The van der Waals surface area contributed by atoms with Crippen LogP contribution in [0.2, 0.25) is 0 Å². The van der Waals surface area contributed by atoms with Crippen molar-refractivity contribution in [3.63, 3.8) is 0 Å². The Morgan fingerprint density at radius 1 is 0.951 bits per heavy atom. The van der Waals surface area contributed by atoms with Gasteiger partial charge in [-0.25, -0.2) is 4.68 Å². The SMILES string of the molecule is COc1ccc(CN(Cc2ccccc2)[C@H](c2cc3cc(C)ccc3[nH]c2=O)c2nnnn2C2CCCCC2)cc1. The molecule has 3 aromatic carbocycles. The van der Waals surface area contributed by atoms with E-state index in [1.807, 2.05) is 53.2 Å². The molecule has 0 radical (unpaired) electrons. The zero-order valence-corrected chi connectivity index (χ0v) is 23.7. The summed E-state index contributed by atoms with van der Waals surface area (Å²) in [6, 6.07) is 26.3. The highest BCUT2D eigenvalue weighted by molar-refractivity contribution is 5.79. The molecule has 1 aliphatic carbocycles. The van der Waals surface area contributed by atoms with Crippen LogP contribution in [0.1, 0.15) is 72.3 Å². The highest BCUT2D eigenvalue weighted by Gasteiger charge is 2.33. The minimum Gasteiger partial charge on any atom is -0.497 e. The molecule has 0 bridgehead atoms. The molecular weight excluding hydrogens is 512 g/mol. The van der Waals surface area contributed by atoms with Crippen molar-refractivity contribution >= 4 is 10.9 Å². The van der Waals surface area contributed by atoms with Crippen LogP contribution in [0, 0.1) is 6.92 Å². The van der Waals surface area contributed by atoms with E-state index in [-0.39, 0.29) is 11.6 Å². The van der Waals surface area contributed by atoms with Crippen LogP contribution in [0.25, 0.3) is 10.9 Å². The number of methoxy groups -OCH3 is 1. The van der Waals surface area contributed by atoms with Gasteiger partial charge in [0.2, 0.25) is 0 Å². The van der Waals surface area contributed by atoms with Crippen LogP contribution in [-0.2, 0) is 13.1 Å². The summed E-state index contributed by atoms with van der Waals surface area (Å²) in [5.74, 6) is 1.52. The fourth-order valence-electron chi connectivity index (χ4n) is 6.03. The molecule has 2 heterocycles. The van der Waals surface area contributed by atoms with Crippen LogP contribution >= 0.6 is 0 Å². The molecule has 41 heavy (non-hydrogen) atoms. The summed E-state index contributed by atoms with van der Waals surface area (Å²) in [6.45, 7) is 3.27. The van der Waals surface area contributed by atoms with E-state index in [2.05, 4.69) is 62.7 Å². The third kappa shape index (κ3) is 5.93. The molecule has 1 N–H and O–H groups in total. The molecule has 1 saturated carbocycles. The van der Waals surface area contributed by atoms with Crippen molar-refractivity contribution in [2.24, 2.45) is 0 Å². The predicted molar refractivity (Wildman–Crippen MR) is 160 cm³/mol. The van der Waals surface area contributed by atoms with Gasteiger partial charge >= 0.3 is 0 Å². The van der Waals surface area contributed by atoms with Gasteiger partial charge < -0.3 is 9.72 Å². The van der Waals surface area contributed by atoms with Gasteiger partial charge in [0.15, 0.2) is 5.82 Å². The second-order valence-corrected chi connectivity index (χ2v) is 11.1. The Balaban J connectivity index is 1.52. The molecule has 0 spiro atoms. The highest BCUT2D eigenvalue weighted by Crippen LogP contribution is 2.34. The molecule has 2 aromatic heterocycles. The minimum absolute atomic E-state index is 0.127. The van der Waals surface area contributed by atoms with Crippen LogP contribution in [0.15, 0.2) is 83.7 Å². The molecule has 210 valence electrons. The second kappa shape index (κ2) is 12.1. The first-order valence-corrected chi connectivity index (χ1v) is 14.4. The minimum atomic E-state index is -0.470. The summed E-state index contributed by atoms with van der Waals surface area (Å²) >= 11 is 0. The van der Waals surface area contributed by atoms with E-state index in [0.717, 1.165) is 59.0 Å². The lowest BCUT2D eigenvalue weighted by atomic mass is 9.95. The maximum atomic E-state index is 13.9. The van der Waals surface area contributed by atoms with Gasteiger partial charge in [0.25, 0.3) is 5.56 Å². The van der Waals surface area contributed by atoms with Gasteiger partial charge in [0, 0.05) is 24.2 Å². The van der Waals surface area contributed by atoms with Gasteiger partial charge in [0.05, 0.1) is 13.2 Å². The van der Waals surface area contributed by atoms with Crippen molar-refractivity contribution in [1.29, 1.82) is 0 Å². The van der Waals surface area contributed by atoms with E-state index in [1.54, 1.807) is 7.11 Å². The third-order valence-electron chi connectivity index (χ3n) is 8.14. The Labute approximate surface area is 240 Å². The first-order valence-electron chi connectivity index (χ1n) is 14.4. The highest BCUT2D eigenvalue weighted by atomic mass is 16.5. The van der Waals surface area contributed by atoms with Gasteiger partial charge in [-0.05, 0) is 77.0 Å². The number of pyridine rings is 1. The fraction of sp³-hybridized carbons (Fsp3) is 0.333. The smallest absolute Gasteiger partial charge is 0.253 e. The van der Waals surface area contributed by atoms with E-state index >= 15 is 0 Å². The molecular formula is C33H36N6O2. The van der Waals surface area contributed by atoms with Crippen LogP contribution in [0.3, 0.4) is 0 Å². The number of aromatic amines is 1. The van der Waals surface area contributed by atoms with E-state index in [1.165, 1.54) is 6.42 Å². The Kier molecular flexibility index (Phi) is 7.91. The lowest BCUT2D eigenvalue weighted by molar-refractivity contribution is 0.186. The quantitative estimate of drug-likeness (QED) is 0.238. The number of tetrazole rings is 1. The van der Waals surface area contributed by atoms with Crippen molar-refractivity contribution in [3.05, 3.63) is 117 Å². The Bertz CT molecular complexity index is 1660. The number of H-pyrrole nitrogens is 1. The van der Waals surface area contributed by atoms with Crippen molar-refractivity contribution in [3.8, 4) is 5.75 Å². The van der Waals surface area contributed by atoms with Crippen LogP contribution in [0.4, 0.5) is 0 Å². The van der Waals surface area contributed by atoms with Gasteiger partial charge in [-0.3, -0.25) is 9.69 Å². The maximum Gasteiger partial charge on any atom is 0.253 e. The number of aromatic nitrogens is 5. The van der Waals surface area contributed by atoms with E-state index < -0.39 is 6.04 Å². The summed E-state index contributed by atoms with van der Waals surface area (Å²) in [5, 5.41) is 14.3. The molecule has 0 amide bonds. The number of rotatable bonds is 9. The molecule has 1 fully saturated rings. The molecule has 8 heteroatoms. The van der Waals surface area contributed by atoms with E-state index in [0.29, 0.717) is 24.5 Å². The van der Waals surface area contributed by atoms with Gasteiger partial charge in [0.1, 0.15) is 11.8 Å². The average Bonchev–Trinajstić information content (AvgIpc) is 3.48. The molecule has 8 nitrogen and oxygen atoms in total. The monoisotopic (exact) mass is 548 g/mol. The summed E-state index contributed by atoms with van der Waals surface area (Å²) in [7, 11) is 1.67. The topological polar surface area (TPSA) is 88.9 Å². The summed E-state index contributed by atoms with van der Waals surface area (Å²) in [4.78, 5) is 19.3. The van der Waals surface area contributed by atoms with Crippen molar-refractivity contribution < 1.29 is 4.74 Å². The normalized spacial score (nSPS) is 14.9. The van der Waals surface area contributed by atoms with Crippen LogP contribution in [0.5, 0.6) is 5.75 Å². The van der Waals surface area contributed by atoms with Gasteiger partial charge in [-0.1, -0.05) is 73.4 Å². The summed E-state index contributed by atoms with van der Waals surface area (Å²) in [6.07, 6.45) is 5.62. The van der Waals surface area contributed by atoms with Crippen LogP contribution in [-0.4, -0.2) is 37.2 Å². The van der Waals surface area contributed by atoms with E-state index in [9.17, 15) is 4.79 Å². The number of benzene rings is 3. The first-order chi connectivity index (χ1) is 20.1. The lowest BCUT2D eigenvalue weighted by Gasteiger charge is -2.33. The molecule has 0 saturated heterocycles. The number of ether oxygens (including phenoxy) is 1. The summed E-state index contributed by atoms with van der Waals surface area (Å²) in [5.41, 5.74) is 4.72. The van der Waals surface area contributed by atoms with Gasteiger partial charge in [-0.2, -0.15) is 0 Å². The second-order valence-electron chi connectivity index (χ2n) is 11.1. The van der Waals surface area contributed by atoms with Crippen molar-refractivity contribution in [1.82, 2.24) is 30.1 Å². The van der Waals surface area contributed by atoms with Crippen molar-refractivity contribution in [2.75, 3.05) is 7.11 Å². The molecule has 1 atom stereocenters. The number of hydrogen-bond acceptors (Lipinski definition) is 6. The molecule has 0 aliphatic heterocycles. The third-order valence-corrected chi connectivity index (χ3v) is 8.14. The zero-order valence-electron chi connectivity index (χ0n) is 23.7. The average molecular weight is 549 g/mol. The number of nitrogens with zero attached hydrogens (tertiary/aromatic N) is 5. The predicted octanol–water partition coefficient (Wildman–Crippen LogP) is 6.13. The van der Waals surface area contributed by atoms with Crippen LogP contribution < -0.4 is 10.3 Å². The number of hydrogen-bond donors (Lipinski definition) is 1. The van der Waals surface area contributed by atoms with Crippen molar-refractivity contribution in [2.45, 2.75) is 64.2 Å². The largest absolute Gasteiger partial charge is 0.497 e. The Morgan fingerprint density at radius 2 is 1.68 bits per heavy atom. The number of nitrogens with one attached hydrogen (secondary N) is 1. The molecule has 1 aliphatic rings. The Hall–Kier alpha value is -4.30. The number of aryl methyl sites for hydroxylation is 1. The molecule has 0 unspecified atom stereocenters. The maximum absolute atomic E-state index is 13.9. The Morgan fingerprint density at radius 3 is 2.41 bits per heavy atom. The number of fused-ring (bicyclic) bond motifs is 1. The molecule has 5 aromatic rings. The fourth-order valence-corrected chi connectivity index (χ4v) is 6.03. The lowest BCUT2D eigenvalue weighted by Crippen LogP contribution is -2.35. The first kappa shape index (κ1) is 26.9. The van der Waals surface area contributed by atoms with E-state index in [4.69, 9.17) is 4.74 Å². The molecule has 6 rings (SSSR count).